The number of allylic oxidation sites excluding steroid dienone is 2. The largest absolute Gasteiger partial charge is 0.330 e. The Kier molecular flexibility index (Phi) is 5.34. The molecule has 5 rings (SSSR count). The van der Waals surface area contributed by atoms with Crippen LogP contribution in [0.15, 0.2) is 35.3 Å². The van der Waals surface area contributed by atoms with Crippen molar-refractivity contribution in [3.8, 4) is 0 Å². The van der Waals surface area contributed by atoms with Gasteiger partial charge in [0.1, 0.15) is 29.5 Å². The van der Waals surface area contributed by atoms with Gasteiger partial charge in [-0.3, -0.25) is 14.4 Å². The van der Waals surface area contributed by atoms with E-state index in [9.17, 15) is 18.8 Å². The quantitative estimate of drug-likeness (QED) is 0.607. The summed E-state index contributed by atoms with van der Waals surface area (Å²) in [6.07, 6.45) is 4.87. The molecule has 0 bridgehead atoms. The minimum atomic E-state index is -0.515. The maximum atomic E-state index is 13.4. The van der Waals surface area contributed by atoms with Crippen LogP contribution in [-0.4, -0.2) is 41.9 Å². The topological polar surface area (TPSA) is 102 Å². The Morgan fingerprint density at radius 2 is 2.03 bits per heavy atom. The highest BCUT2D eigenvalue weighted by Gasteiger charge is 2.37. The average Bonchev–Trinajstić information content (AvgIpc) is 3.48. The predicted molar refractivity (Wildman–Crippen MR) is 128 cm³/mol. The summed E-state index contributed by atoms with van der Waals surface area (Å²) in [5.41, 5.74) is 2.35. The molecule has 1 aliphatic heterocycles. The SMILES string of the molecule is CC(C)N1Cc2c(n(CC(=O)Nc3ccc(F)cn3)c3cc(C4=CCC(C)(C)C4)nn3c2=O)C1=O. The zero-order chi connectivity index (χ0) is 25.1. The van der Waals surface area contributed by atoms with E-state index in [0.29, 0.717) is 16.9 Å². The lowest BCUT2D eigenvalue weighted by molar-refractivity contribution is -0.116. The van der Waals surface area contributed by atoms with Gasteiger partial charge in [0.05, 0.1) is 24.0 Å². The Bertz CT molecular complexity index is 1450. The van der Waals surface area contributed by atoms with Gasteiger partial charge in [0.25, 0.3) is 11.5 Å². The van der Waals surface area contributed by atoms with E-state index in [4.69, 9.17) is 0 Å². The molecule has 2 aliphatic rings. The van der Waals surface area contributed by atoms with E-state index in [1.807, 2.05) is 13.8 Å². The third-order valence-corrected chi connectivity index (χ3v) is 6.58. The Balaban J connectivity index is 1.60. The number of hydrogen-bond acceptors (Lipinski definition) is 5. The van der Waals surface area contributed by atoms with Crippen LogP contribution in [0.4, 0.5) is 10.2 Å². The molecule has 0 atom stereocenters. The van der Waals surface area contributed by atoms with Gasteiger partial charge in [0, 0.05) is 12.1 Å². The molecular weight excluding hydrogens is 451 g/mol. The normalized spacial score (nSPS) is 16.8. The van der Waals surface area contributed by atoms with Gasteiger partial charge in [-0.1, -0.05) is 19.9 Å². The van der Waals surface area contributed by atoms with Crippen molar-refractivity contribution >= 4 is 28.9 Å². The number of carbonyl (C=O) groups is 2. The number of halogens is 1. The molecule has 1 N–H and O–H groups in total. The van der Waals surface area contributed by atoms with Crippen LogP contribution in [0.3, 0.4) is 0 Å². The summed E-state index contributed by atoms with van der Waals surface area (Å²) in [6.45, 7) is 8.03. The van der Waals surface area contributed by atoms with Crippen molar-refractivity contribution in [3.05, 3.63) is 63.6 Å². The molecule has 1 aliphatic carbocycles. The molecule has 0 aromatic carbocycles. The van der Waals surface area contributed by atoms with Gasteiger partial charge in [-0.05, 0) is 49.8 Å². The van der Waals surface area contributed by atoms with Crippen LogP contribution >= 0.6 is 0 Å². The van der Waals surface area contributed by atoms with Crippen LogP contribution in [0.25, 0.3) is 11.2 Å². The van der Waals surface area contributed by atoms with E-state index in [0.717, 1.165) is 24.6 Å². The first-order valence-corrected chi connectivity index (χ1v) is 11.6. The van der Waals surface area contributed by atoms with Crippen LogP contribution in [0.1, 0.15) is 62.3 Å². The van der Waals surface area contributed by atoms with E-state index in [1.165, 1.54) is 16.6 Å². The summed E-state index contributed by atoms with van der Waals surface area (Å²) in [7, 11) is 0. The number of nitrogens with one attached hydrogen (secondary N) is 1. The second-order valence-corrected chi connectivity index (χ2v) is 10.2. The second-order valence-electron chi connectivity index (χ2n) is 10.2. The minimum Gasteiger partial charge on any atom is -0.330 e. The van der Waals surface area contributed by atoms with Gasteiger partial charge in [0.2, 0.25) is 5.91 Å². The smallest absolute Gasteiger partial charge is 0.280 e. The average molecular weight is 479 g/mol. The van der Waals surface area contributed by atoms with Crippen molar-refractivity contribution in [1.82, 2.24) is 24.1 Å². The van der Waals surface area contributed by atoms with Crippen LogP contribution < -0.4 is 10.9 Å². The number of hydrogen-bond donors (Lipinski definition) is 1. The predicted octanol–water partition coefficient (Wildman–Crippen LogP) is 3.24. The Hall–Kier alpha value is -3.82. The maximum absolute atomic E-state index is 13.4. The van der Waals surface area contributed by atoms with Gasteiger partial charge in [-0.25, -0.2) is 9.37 Å². The van der Waals surface area contributed by atoms with Crippen molar-refractivity contribution in [2.45, 2.75) is 59.7 Å². The third kappa shape index (κ3) is 4.02. The molecule has 0 saturated heterocycles. The zero-order valence-corrected chi connectivity index (χ0v) is 20.1. The lowest BCUT2D eigenvalue weighted by Crippen LogP contribution is -2.32. The molecule has 0 spiro atoms. The number of anilines is 1. The van der Waals surface area contributed by atoms with Crippen molar-refractivity contribution in [2.75, 3.05) is 5.32 Å². The number of fused-ring (bicyclic) bond motifs is 2. The van der Waals surface area contributed by atoms with Crippen LogP contribution in [0.2, 0.25) is 0 Å². The molecule has 0 fully saturated rings. The van der Waals surface area contributed by atoms with Gasteiger partial charge in [-0.2, -0.15) is 9.61 Å². The van der Waals surface area contributed by atoms with E-state index >= 15 is 0 Å². The first-order chi connectivity index (χ1) is 16.5. The number of pyridine rings is 1. The fraction of sp³-hybridized carbons (Fsp3) is 0.400. The van der Waals surface area contributed by atoms with Crippen molar-refractivity contribution in [3.63, 3.8) is 0 Å². The molecule has 3 aromatic heterocycles. The fourth-order valence-electron chi connectivity index (χ4n) is 4.75. The van der Waals surface area contributed by atoms with Gasteiger partial charge in [-0.15, -0.1) is 0 Å². The Labute approximate surface area is 201 Å². The monoisotopic (exact) mass is 478 g/mol. The molecule has 4 heterocycles. The molecule has 2 amide bonds. The van der Waals surface area contributed by atoms with Crippen molar-refractivity contribution in [1.29, 1.82) is 0 Å². The second kappa shape index (κ2) is 8.14. The van der Waals surface area contributed by atoms with Crippen molar-refractivity contribution in [2.24, 2.45) is 5.41 Å². The minimum absolute atomic E-state index is 0.110. The molecule has 0 saturated carbocycles. The number of rotatable bonds is 5. The van der Waals surface area contributed by atoms with E-state index in [-0.39, 0.29) is 47.5 Å². The number of nitrogens with zero attached hydrogens (tertiary/aromatic N) is 5. The Morgan fingerprint density at radius 3 is 2.66 bits per heavy atom. The summed E-state index contributed by atoms with van der Waals surface area (Å²) in [6, 6.07) is 4.20. The molecule has 10 heteroatoms. The Morgan fingerprint density at radius 1 is 1.26 bits per heavy atom. The van der Waals surface area contributed by atoms with Gasteiger partial charge < -0.3 is 14.8 Å². The first-order valence-electron chi connectivity index (χ1n) is 11.6. The van der Waals surface area contributed by atoms with E-state index in [2.05, 4.69) is 35.3 Å². The summed E-state index contributed by atoms with van der Waals surface area (Å²) in [5.74, 6) is -1.09. The summed E-state index contributed by atoms with van der Waals surface area (Å²) < 4.78 is 16.0. The zero-order valence-electron chi connectivity index (χ0n) is 20.1. The molecule has 0 unspecified atom stereocenters. The highest BCUT2D eigenvalue weighted by molar-refractivity contribution is 5.98. The first kappa shape index (κ1) is 22.9. The highest BCUT2D eigenvalue weighted by atomic mass is 19.1. The highest BCUT2D eigenvalue weighted by Crippen LogP contribution is 2.40. The summed E-state index contributed by atoms with van der Waals surface area (Å²) in [4.78, 5) is 45.1. The molecule has 35 heavy (non-hydrogen) atoms. The molecule has 3 aromatic rings. The summed E-state index contributed by atoms with van der Waals surface area (Å²) >= 11 is 0. The van der Waals surface area contributed by atoms with Crippen molar-refractivity contribution < 1.29 is 14.0 Å². The fourth-order valence-corrected chi connectivity index (χ4v) is 4.75. The van der Waals surface area contributed by atoms with Crippen LogP contribution in [-0.2, 0) is 17.9 Å². The van der Waals surface area contributed by atoms with E-state index < -0.39 is 11.7 Å². The van der Waals surface area contributed by atoms with Gasteiger partial charge >= 0.3 is 0 Å². The molecular formula is C25H27FN6O3. The molecule has 9 nitrogen and oxygen atoms in total. The van der Waals surface area contributed by atoms with E-state index in [1.54, 1.807) is 15.5 Å². The number of carbonyl (C=O) groups excluding carboxylic acids is 2. The number of amides is 2. The molecule has 182 valence electrons. The summed E-state index contributed by atoms with van der Waals surface area (Å²) in [5, 5.41) is 7.22. The standard InChI is InChI=1S/C25H27FN6O3/c1-14(2)30-12-17-22(24(30)35)31(13-20(33)28-19-6-5-16(26)11-27-19)21-9-18(29-32(21)23(17)34)15-7-8-25(3,4)10-15/h5-7,9,11,14H,8,10,12-13H2,1-4H3,(H,27,28,33). The lowest BCUT2D eigenvalue weighted by Gasteiger charge is -2.20. The molecule has 0 radical (unpaired) electrons. The number of aromatic nitrogens is 4. The van der Waals surface area contributed by atoms with Crippen LogP contribution in [0.5, 0.6) is 0 Å². The maximum Gasteiger partial charge on any atom is 0.280 e. The van der Waals surface area contributed by atoms with Gasteiger partial charge in [0.15, 0.2) is 0 Å². The third-order valence-electron chi connectivity index (χ3n) is 6.58. The lowest BCUT2D eigenvalue weighted by atomic mass is 9.89. The van der Waals surface area contributed by atoms with Crippen LogP contribution in [0, 0.1) is 11.2 Å².